The molecule has 2 aromatic rings. The van der Waals surface area contributed by atoms with E-state index in [2.05, 4.69) is 11.9 Å². The van der Waals surface area contributed by atoms with E-state index in [0.29, 0.717) is 25.3 Å². The van der Waals surface area contributed by atoms with Crippen molar-refractivity contribution in [1.82, 2.24) is 9.88 Å². The van der Waals surface area contributed by atoms with Gasteiger partial charge in [0.25, 0.3) is 5.91 Å². The minimum Gasteiger partial charge on any atom is -0.494 e. The van der Waals surface area contributed by atoms with E-state index in [4.69, 9.17) is 4.74 Å². The van der Waals surface area contributed by atoms with Crippen molar-refractivity contribution in [1.29, 1.82) is 0 Å². The molecule has 0 radical (unpaired) electrons. The normalized spacial score (nSPS) is 19.5. The molecule has 26 heavy (non-hydrogen) atoms. The molecule has 1 aromatic carbocycles. The van der Waals surface area contributed by atoms with Crippen LogP contribution in [0.1, 0.15) is 37.2 Å². The number of likely N-dealkylation sites (tertiary alicyclic amines) is 1. The molecule has 6 nitrogen and oxygen atoms in total. The number of aliphatic carboxylic acids is 1. The van der Waals surface area contributed by atoms with Gasteiger partial charge in [0.2, 0.25) is 0 Å². The Bertz CT molecular complexity index is 787. The second-order valence-corrected chi connectivity index (χ2v) is 7.24. The van der Waals surface area contributed by atoms with Crippen LogP contribution in [-0.2, 0) is 4.79 Å². The summed E-state index contributed by atoms with van der Waals surface area (Å²) in [6.07, 6.45) is 1.44. The summed E-state index contributed by atoms with van der Waals surface area (Å²) in [5.74, 6) is -0.745. The fraction of sp³-hybridized carbons (Fsp3) is 0.421. The third-order valence-electron chi connectivity index (χ3n) is 4.63. The van der Waals surface area contributed by atoms with Gasteiger partial charge in [-0.2, -0.15) is 0 Å². The predicted molar refractivity (Wildman–Crippen MR) is 99.6 cm³/mol. The molecule has 3 rings (SSSR count). The Hall–Kier alpha value is -2.41. The van der Waals surface area contributed by atoms with Crippen molar-refractivity contribution in [3.63, 3.8) is 0 Å². The van der Waals surface area contributed by atoms with Crippen LogP contribution in [0.3, 0.4) is 0 Å². The van der Waals surface area contributed by atoms with Crippen molar-refractivity contribution in [3.05, 3.63) is 35.3 Å². The molecule has 1 fully saturated rings. The zero-order chi connectivity index (χ0) is 18.7. The van der Waals surface area contributed by atoms with E-state index in [1.54, 1.807) is 17.2 Å². The smallest absolute Gasteiger partial charge is 0.308 e. The SMILES string of the molecule is CCCOc1ccc(-c2nc(C(=O)N3CCC(C(=O)O)C3C)cs2)cc1. The number of ether oxygens (including phenoxy) is 1. The van der Waals surface area contributed by atoms with Crippen molar-refractivity contribution in [3.8, 4) is 16.3 Å². The fourth-order valence-electron chi connectivity index (χ4n) is 3.12. The monoisotopic (exact) mass is 374 g/mol. The van der Waals surface area contributed by atoms with E-state index >= 15 is 0 Å². The molecule has 0 aliphatic carbocycles. The Kier molecular flexibility index (Phi) is 5.56. The van der Waals surface area contributed by atoms with Crippen LogP contribution in [0.2, 0.25) is 0 Å². The highest BCUT2D eigenvalue weighted by Crippen LogP contribution is 2.29. The number of hydrogen-bond acceptors (Lipinski definition) is 5. The molecule has 2 heterocycles. The number of aromatic nitrogens is 1. The average Bonchev–Trinajstić information content (AvgIpc) is 3.27. The molecule has 0 bridgehead atoms. The lowest BCUT2D eigenvalue weighted by Crippen LogP contribution is -2.37. The van der Waals surface area contributed by atoms with E-state index < -0.39 is 11.9 Å². The van der Waals surface area contributed by atoms with Gasteiger partial charge in [-0.25, -0.2) is 4.98 Å². The third kappa shape index (κ3) is 3.72. The molecule has 1 N–H and O–H groups in total. The number of carbonyl (C=O) groups is 2. The molecule has 138 valence electrons. The summed E-state index contributed by atoms with van der Waals surface area (Å²) in [5, 5.41) is 11.7. The highest BCUT2D eigenvalue weighted by Gasteiger charge is 2.38. The van der Waals surface area contributed by atoms with Gasteiger partial charge in [-0.05, 0) is 44.0 Å². The van der Waals surface area contributed by atoms with Crippen LogP contribution in [0.15, 0.2) is 29.6 Å². The van der Waals surface area contributed by atoms with Crippen LogP contribution in [-0.4, -0.2) is 46.1 Å². The Morgan fingerprint density at radius 2 is 2.08 bits per heavy atom. The van der Waals surface area contributed by atoms with Crippen molar-refractivity contribution in [2.75, 3.05) is 13.2 Å². The minimum absolute atomic E-state index is 0.202. The molecule has 1 aliphatic heterocycles. The Morgan fingerprint density at radius 3 is 2.69 bits per heavy atom. The van der Waals surface area contributed by atoms with Crippen molar-refractivity contribution >= 4 is 23.2 Å². The molecule has 7 heteroatoms. The van der Waals surface area contributed by atoms with Gasteiger partial charge in [0.15, 0.2) is 0 Å². The second-order valence-electron chi connectivity index (χ2n) is 6.38. The molecule has 1 saturated heterocycles. The van der Waals surface area contributed by atoms with Crippen LogP contribution in [0.4, 0.5) is 0 Å². The zero-order valence-electron chi connectivity index (χ0n) is 14.8. The molecular weight excluding hydrogens is 352 g/mol. The second kappa shape index (κ2) is 7.86. The molecule has 2 unspecified atom stereocenters. The number of rotatable bonds is 6. The lowest BCUT2D eigenvalue weighted by Gasteiger charge is -2.22. The maximum Gasteiger partial charge on any atom is 0.308 e. The Labute approximate surface area is 156 Å². The number of thiazole rings is 1. The molecule has 1 amide bonds. The Morgan fingerprint density at radius 1 is 1.35 bits per heavy atom. The first-order valence-electron chi connectivity index (χ1n) is 8.73. The van der Waals surface area contributed by atoms with Crippen LogP contribution >= 0.6 is 11.3 Å². The van der Waals surface area contributed by atoms with Gasteiger partial charge < -0.3 is 14.7 Å². The van der Waals surface area contributed by atoms with E-state index in [0.717, 1.165) is 22.7 Å². The standard InChI is InChI=1S/C19H22N2O4S/c1-3-10-25-14-6-4-13(5-7-14)17-20-16(11-26-17)18(22)21-9-8-15(12(21)2)19(23)24/h4-7,11-12,15H,3,8-10H2,1-2H3,(H,23,24). The van der Waals surface area contributed by atoms with Crippen molar-refractivity contribution in [2.24, 2.45) is 5.92 Å². The Balaban J connectivity index is 1.71. The maximum atomic E-state index is 12.7. The fourth-order valence-corrected chi connectivity index (χ4v) is 3.92. The molecule has 0 spiro atoms. The third-order valence-corrected chi connectivity index (χ3v) is 5.52. The molecule has 1 aromatic heterocycles. The lowest BCUT2D eigenvalue weighted by atomic mass is 10.0. The summed E-state index contributed by atoms with van der Waals surface area (Å²) >= 11 is 1.41. The number of hydrogen-bond donors (Lipinski definition) is 1. The minimum atomic E-state index is -0.850. The summed E-state index contributed by atoms with van der Waals surface area (Å²) in [5.41, 5.74) is 1.30. The van der Waals surface area contributed by atoms with Crippen LogP contribution in [0.25, 0.3) is 10.6 Å². The number of carbonyl (C=O) groups excluding carboxylic acids is 1. The quantitative estimate of drug-likeness (QED) is 0.837. The van der Waals surface area contributed by atoms with Crippen LogP contribution < -0.4 is 4.74 Å². The average molecular weight is 374 g/mol. The van der Waals surface area contributed by atoms with Crippen LogP contribution in [0.5, 0.6) is 5.75 Å². The molecule has 2 atom stereocenters. The van der Waals surface area contributed by atoms with Crippen molar-refractivity contribution in [2.45, 2.75) is 32.7 Å². The lowest BCUT2D eigenvalue weighted by molar-refractivity contribution is -0.142. The van der Waals surface area contributed by atoms with E-state index in [1.165, 1.54) is 11.3 Å². The summed E-state index contributed by atoms with van der Waals surface area (Å²) in [6, 6.07) is 7.33. The van der Waals surface area contributed by atoms with E-state index in [1.807, 2.05) is 24.3 Å². The number of nitrogens with zero attached hydrogens (tertiary/aromatic N) is 2. The number of benzene rings is 1. The van der Waals surface area contributed by atoms with Gasteiger partial charge in [0.1, 0.15) is 16.5 Å². The van der Waals surface area contributed by atoms with Gasteiger partial charge in [-0.15, -0.1) is 11.3 Å². The number of carboxylic acid groups (broad SMARTS) is 1. The predicted octanol–water partition coefficient (Wildman–Crippen LogP) is 3.53. The van der Waals surface area contributed by atoms with E-state index in [9.17, 15) is 14.7 Å². The highest BCUT2D eigenvalue weighted by molar-refractivity contribution is 7.13. The first-order valence-corrected chi connectivity index (χ1v) is 9.61. The van der Waals surface area contributed by atoms with Gasteiger partial charge >= 0.3 is 5.97 Å². The van der Waals surface area contributed by atoms with Gasteiger partial charge in [-0.3, -0.25) is 9.59 Å². The van der Waals surface area contributed by atoms with Gasteiger partial charge in [0.05, 0.1) is 12.5 Å². The van der Waals surface area contributed by atoms with Gasteiger partial charge in [0, 0.05) is 23.5 Å². The number of carboxylic acids is 1. The number of amides is 1. The molecule has 1 aliphatic rings. The first-order chi connectivity index (χ1) is 12.5. The van der Waals surface area contributed by atoms with Crippen LogP contribution in [0, 0.1) is 5.92 Å². The van der Waals surface area contributed by atoms with Crippen molar-refractivity contribution < 1.29 is 19.4 Å². The summed E-state index contributed by atoms with van der Waals surface area (Å²) < 4.78 is 5.57. The maximum absolute atomic E-state index is 12.7. The zero-order valence-corrected chi connectivity index (χ0v) is 15.7. The van der Waals surface area contributed by atoms with E-state index in [-0.39, 0.29) is 11.9 Å². The summed E-state index contributed by atoms with van der Waals surface area (Å²) in [6.45, 7) is 4.97. The summed E-state index contributed by atoms with van der Waals surface area (Å²) in [7, 11) is 0. The molecule has 0 saturated carbocycles. The highest BCUT2D eigenvalue weighted by atomic mass is 32.1. The summed E-state index contributed by atoms with van der Waals surface area (Å²) in [4.78, 5) is 30.0. The largest absolute Gasteiger partial charge is 0.494 e. The van der Waals surface area contributed by atoms with Gasteiger partial charge in [-0.1, -0.05) is 6.92 Å². The topological polar surface area (TPSA) is 79.7 Å². The first kappa shape index (κ1) is 18.4. The molecular formula is C19H22N2O4S.